The van der Waals surface area contributed by atoms with Gasteiger partial charge in [-0.1, -0.05) is 152 Å². The smallest absolute Gasteiger partial charge is 0.126 e. The minimum absolute atomic E-state index is 0.531. The summed E-state index contributed by atoms with van der Waals surface area (Å²) in [5, 5.41) is 0. The van der Waals surface area contributed by atoms with E-state index < -0.39 is 5.41 Å². The lowest BCUT2D eigenvalue weighted by atomic mass is 9.67. The molecule has 0 N–H and O–H groups in total. The van der Waals surface area contributed by atoms with Crippen LogP contribution in [0.5, 0.6) is 0 Å². The highest BCUT2D eigenvalue weighted by Crippen LogP contribution is 2.58. The van der Waals surface area contributed by atoms with E-state index in [2.05, 4.69) is 172 Å². The van der Waals surface area contributed by atoms with Crippen molar-refractivity contribution >= 4 is 0 Å². The van der Waals surface area contributed by atoms with Gasteiger partial charge >= 0.3 is 0 Å². The number of aromatic nitrogens is 3. The Kier molecular flexibility index (Phi) is 7.70. The molecule has 0 spiro atoms. The highest BCUT2D eigenvalue weighted by molar-refractivity contribution is 5.95. The molecule has 1 unspecified atom stereocenters. The van der Waals surface area contributed by atoms with Crippen LogP contribution in [0, 0.1) is 20.8 Å². The topological polar surface area (TPSA) is 38.7 Å². The van der Waals surface area contributed by atoms with Gasteiger partial charge in [0.25, 0.3) is 0 Å². The summed E-state index contributed by atoms with van der Waals surface area (Å²) < 4.78 is 0. The Morgan fingerprint density at radius 2 is 0.962 bits per heavy atom. The van der Waals surface area contributed by atoms with Crippen LogP contribution in [0.2, 0.25) is 0 Å². The van der Waals surface area contributed by atoms with E-state index in [0.717, 1.165) is 39.6 Å². The van der Waals surface area contributed by atoms with Crippen LogP contribution in [0.3, 0.4) is 0 Å². The molecule has 1 atom stereocenters. The van der Waals surface area contributed by atoms with Gasteiger partial charge in [-0.15, -0.1) is 0 Å². The van der Waals surface area contributed by atoms with Gasteiger partial charge in [-0.2, -0.15) is 0 Å². The zero-order chi connectivity index (χ0) is 35.2. The maximum absolute atomic E-state index is 5.08. The van der Waals surface area contributed by atoms with Crippen molar-refractivity contribution < 1.29 is 0 Å². The number of pyridine rings is 1. The maximum Gasteiger partial charge on any atom is 0.126 e. The van der Waals surface area contributed by atoms with Crippen molar-refractivity contribution in [3.05, 3.63) is 209 Å². The summed E-state index contributed by atoms with van der Waals surface area (Å²) in [5.41, 5.74) is 17.8. The molecular formula is C49H37N3. The molecule has 3 nitrogen and oxygen atoms in total. The predicted octanol–water partition coefficient (Wildman–Crippen LogP) is 11.8. The van der Waals surface area contributed by atoms with Crippen LogP contribution in [0.4, 0.5) is 0 Å². The van der Waals surface area contributed by atoms with Crippen molar-refractivity contribution in [3.63, 3.8) is 0 Å². The first kappa shape index (κ1) is 31.5. The predicted molar refractivity (Wildman–Crippen MR) is 213 cm³/mol. The molecule has 2 heterocycles. The zero-order valence-corrected chi connectivity index (χ0v) is 29.5. The molecule has 52 heavy (non-hydrogen) atoms. The SMILES string of the molecule is Cc1nc(-c2ccc(-c3ccccc3)cc2)cc(-c2cccc3c2-c2ccccc2C3(c2ccccc2)c2ccc(-c3cc(C)c(C)cn3)cc2)n1. The van der Waals surface area contributed by atoms with Gasteiger partial charge < -0.3 is 0 Å². The Bertz CT molecular complexity index is 2570. The highest BCUT2D eigenvalue weighted by Gasteiger charge is 2.46. The number of aryl methyl sites for hydroxylation is 3. The molecule has 3 heteroatoms. The molecule has 1 aliphatic rings. The molecule has 1 aliphatic carbocycles. The number of benzene rings is 6. The molecule has 0 amide bonds. The minimum Gasteiger partial charge on any atom is -0.256 e. The fourth-order valence-corrected chi connectivity index (χ4v) is 8.01. The third-order valence-corrected chi connectivity index (χ3v) is 10.7. The second-order valence-corrected chi connectivity index (χ2v) is 13.7. The molecule has 0 saturated carbocycles. The molecular weight excluding hydrogens is 631 g/mol. The molecule has 8 aromatic rings. The molecule has 2 aromatic heterocycles. The van der Waals surface area contributed by atoms with Crippen LogP contribution in [0.1, 0.15) is 39.2 Å². The third kappa shape index (κ3) is 5.17. The number of nitrogens with zero attached hydrogens (tertiary/aromatic N) is 3. The van der Waals surface area contributed by atoms with E-state index in [1.165, 1.54) is 55.6 Å². The van der Waals surface area contributed by atoms with Gasteiger partial charge in [-0.25, -0.2) is 9.97 Å². The zero-order valence-electron chi connectivity index (χ0n) is 29.5. The van der Waals surface area contributed by atoms with E-state index in [4.69, 9.17) is 15.0 Å². The van der Waals surface area contributed by atoms with E-state index >= 15 is 0 Å². The van der Waals surface area contributed by atoms with Gasteiger partial charge in [0.05, 0.1) is 22.5 Å². The first-order valence-corrected chi connectivity index (χ1v) is 17.9. The molecule has 9 rings (SSSR count). The quantitative estimate of drug-likeness (QED) is 0.177. The molecule has 6 aromatic carbocycles. The summed E-state index contributed by atoms with van der Waals surface area (Å²) in [6, 6.07) is 59.1. The monoisotopic (exact) mass is 667 g/mol. The Balaban J connectivity index is 1.22. The van der Waals surface area contributed by atoms with Crippen molar-refractivity contribution in [2.45, 2.75) is 26.2 Å². The number of hydrogen-bond donors (Lipinski definition) is 0. The van der Waals surface area contributed by atoms with Crippen LogP contribution in [0.25, 0.3) is 56.0 Å². The van der Waals surface area contributed by atoms with Crippen molar-refractivity contribution in [1.82, 2.24) is 15.0 Å². The van der Waals surface area contributed by atoms with E-state index in [1.54, 1.807) is 0 Å². The van der Waals surface area contributed by atoms with E-state index in [0.29, 0.717) is 0 Å². The summed E-state index contributed by atoms with van der Waals surface area (Å²) in [5.74, 6) is 0.744. The summed E-state index contributed by atoms with van der Waals surface area (Å²) in [6.45, 7) is 6.24. The first-order chi connectivity index (χ1) is 25.5. The normalized spacial score (nSPS) is 14.5. The van der Waals surface area contributed by atoms with E-state index in [1.807, 2.05) is 19.2 Å². The van der Waals surface area contributed by atoms with Crippen LogP contribution in [-0.4, -0.2) is 15.0 Å². The van der Waals surface area contributed by atoms with Crippen molar-refractivity contribution in [1.29, 1.82) is 0 Å². The second kappa shape index (κ2) is 12.7. The van der Waals surface area contributed by atoms with Crippen LogP contribution in [0.15, 0.2) is 170 Å². The largest absolute Gasteiger partial charge is 0.256 e. The maximum atomic E-state index is 5.08. The fourth-order valence-electron chi connectivity index (χ4n) is 8.01. The van der Waals surface area contributed by atoms with Gasteiger partial charge in [-0.3, -0.25) is 4.98 Å². The Morgan fingerprint density at radius 1 is 0.404 bits per heavy atom. The van der Waals surface area contributed by atoms with Crippen molar-refractivity contribution in [3.8, 4) is 56.0 Å². The van der Waals surface area contributed by atoms with Gasteiger partial charge in [0.2, 0.25) is 0 Å². The fraction of sp³-hybridized carbons (Fsp3) is 0.0816. The first-order valence-electron chi connectivity index (χ1n) is 17.9. The minimum atomic E-state index is -0.531. The molecule has 0 saturated heterocycles. The van der Waals surface area contributed by atoms with E-state index in [-0.39, 0.29) is 0 Å². The standard InChI is InChI=1S/C49H37N3/c1-32-29-45(50-31-33(32)2)37-25-27-40(28-26-37)49(39-15-8-5-9-16-39)43-19-11-10-17-41(43)48-42(18-12-20-44(48)49)47-30-46(51-34(3)52-47)38-23-21-36(22-24-38)35-13-6-4-7-14-35/h4-31H,1-3H3. The summed E-state index contributed by atoms with van der Waals surface area (Å²) in [6.07, 6.45) is 1.97. The molecule has 0 bridgehead atoms. The lowest BCUT2D eigenvalue weighted by molar-refractivity contribution is 0.768. The summed E-state index contributed by atoms with van der Waals surface area (Å²) in [4.78, 5) is 14.8. The summed E-state index contributed by atoms with van der Waals surface area (Å²) >= 11 is 0. The third-order valence-electron chi connectivity index (χ3n) is 10.7. The molecule has 0 aliphatic heterocycles. The van der Waals surface area contributed by atoms with Crippen LogP contribution in [-0.2, 0) is 5.41 Å². The van der Waals surface area contributed by atoms with Crippen LogP contribution < -0.4 is 0 Å². The lowest BCUT2D eigenvalue weighted by Crippen LogP contribution is -2.28. The average Bonchev–Trinajstić information content (AvgIpc) is 3.51. The van der Waals surface area contributed by atoms with E-state index in [9.17, 15) is 0 Å². The van der Waals surface area contributed by atoms with Crippen molar-refractivity contribution in [2.24, 2.45) is 0 Å². The number of rotatable bonds is 6. The second-order valence-electron chi connectivity index (χ2n) is 13.7. The number of fused-ring (bicyclic) bond motifs is 3. The lowest BCUT2D eigenvalue weighted by Gasteiger charge is -2.34. The Labute approximate surface area is 305 Å². The Morgan fingerprint density at radius 3 is 1.71 bits per heavy atom. The molecule has 0 radical (unpaired) electrons. The van der Waals surface area contributed by atoms with Gasteiger partial charge in [0.15, 0.2) is 0 Å². The molecule has 248 valence electrons. The van der Waals surface area contributed by atoms with Crippen molar-refractivity contribution in [2.75, 3.05) is 0 Å². The Hall–Kier alpha value is -6.45. The van der Waals surface area contributed by atoms with Gasteiger partial charge in [0, 0.05) is 22.9 Å². The average molecular weight is 668 g/mol. The highest BCUT2D eigenvalue weighted by atomic mass is 14.9. The van der Waals surface area contributed by atoms with Crippen LogP contribution >= 0.6 is 0 Å². The number of hydrogen-bond acceptors (Lipinski definition) is 3. The van der Waals surface area contributed by atoms with Gasteiger partial charge in [-0.05, 0) is 88.5 Å². The summed E-state index contributed by atoms with van der Waals surface area (Å²) in [7, 11) is 0. The van der Waals surface area contributed by atoms with Gasteiger partial charge in [0.1, 0.15) is 5.82 Å². The molecule has 0 fully saturated rings.